The zero-order valence-electron chi connectivity index (χ0n) is 12.6. The van der Waals surface area contributed by atoms with E-state index in [2.05, 4.69) is 10.5 Å². The van der Waals surface area contributed by atoms with Gasteiger partial charge in [0.1, 0.15) is 19.5 Å². The van der Waals surface area contributed by atoms with Gasteiger partial charge in [-0.15, -0.1) is 0 Å². The molecule has 0 aliphatic rings. The van der Waals surface area contributed by atoms with Crippen LogP contribution in [0.1, 0.15) is 11.1 Å². The molecule has 2 aromatic rings. The Kier molecular flexibility index (Phi) is 5.54. The minimum absolute atomic E-state index is 0.222. The van der Waals surface area contributed by atoms with Crippen LogP contribution < -0.4 is 10.1 Å². The van der Waals surface area contributed by atoms with Crippen LogP contribution in [0.4, 0.5) is 0 Å². The zero-order chi connectivity index (χ0) is 15.8. The van der Waals surface area contributed by atoms with Gasteiger partial charge in [-0.25, -0.2) is 0 Å². The average molecular weight is 298 g/mol. The van der Waals surface area contributed by atoms with E-state index < -0.39 is 0 Å². The molecule has 0 bridgehead atoms. The van der Waals surface area contributed by atoms with Crippen LogP contribution in [0, 0.1) is 0 Å². The Hall–Kier alpha value is -2.82. The number of likely N-dealkylation sites (N-methyl/N-ethyl adjacent to an activating group) is 1. The van der Waals surface area contributed by atoms with Crippen molar-refractivity contribution in [3.63, 3.8) is 0 Å². The predicted octanol–water partition coefficient (Wildman–Crippen LogP) is 2.36. The maximum Gasteiger partial charge on any atom is 0.273 e. The molecule has 0 spiro atoms. The van der Waals surface area contributed by atoms with E-state index in [1.54, 1.807) is 31.3 Å². The first-order valence-corrected chi connectivity index (χ1v) is 6.85. The topological polar surface area (TPSA) is 59.9 Å². The van der Waals surface area contributed by atoms with Gasteiger partial charge in [-0.05, 0) is 29.8 Å². The summed E-state index contributed by atoms with van der Waals surface area (Å²) in [6.45, 7) is 0.495. The molecule has 5 heteroatoms. The van der Waals surface area contributed by atoms with Crippen LogP contribution in [0.25, 0.3) is 0 Å². The Morgan fingerprint density at radius 2 is 1.77 bits per heavy atom. The summed E-state index contributed by atoms with van der Waals surface area (Å²) in [4.78, 5) is 16.5. The molecule has 0 radical (unpaired) electrons. The number of hydrogen-bond donors (Lipinski definition) is 1. The fourth-order valence-electron chi connectivity index (χ4n) is 1.88. The molecule has 22 heavy (non-hydrogen) atoms. The van der Waals surface area contributed by atoms with Gasteiger partial charge >= 0.3 is 0 Å². The number of carbonyl (C=O) groups excluding carboxylic acids is 1. The SMILES string of the molecule is CNC(=O)/C(=N/OC)c1ccc(OCc2ccccc2)cc1. The van der Waals surface area contributed by atoms with Gasteiger partial charge in [0.2, 0.25) is 0 Å². The summed E-state index contributed by atoms with van der Waals surface area (Å²) in [5.74, 6) is 0.418. The molecule has 114 valence electrons. The first-order chi connectivity index (χ1) is 10.7. The average Bonchev–Trinajstić information content (AvgIpc) is 2.59. The van der Waals surface area contributed by atoms with Crippen molar-refractivity contribution in [3.8, 4) is 5.75 Å². The second kappa shape index (κ2) is 7.83. The highest BCUT2D eigenvalue weighted by Gasteiger charge is 2.13. The van der Waals surface area contributed by atoms with E-state index in [0.29, 0.717) is 12.2 Å². The molecule has 0 aliphatic carbocycles. The van der Waals surface area contributed by atoms with Gasteiger partial charge in [-0.1, -0.05) is 35.5 Å². The minimum atomic E-state index is -0.306. The number of hydrogen-bond acceptors (Lipinski definition) is 4. The molecular weight excluding hydrogens is 280 g/mol. The van der Waals surface area contributed by atoms with Crippen molar-refractivity contribution in [2.45, 2.75) is 6.61 Å². The molecule has 2 rings (SSSR count). The lowest BCUT2D eigenvalue weighted by Crippen LogP contribution is -2.28. The fourth-order valence-corrected chi connectivity index (χ4v) is 1.88. The summed E-state index contributed by atoms with van der Waals surface area (Å²) >= 11 is 0. The van der Waals surface area contributed by atoms with E-state index in [9.17, 15) is 4.79 Å². The normalized spacial score (nSPS) is 10.9. The second-order valence-corrected chi connectivity index (χ2v) is 4.50. The minimum Gasteiger partial charge on any atom is -0.489 e. The van der Waals surface area contributed by atoms with Gasteiger partial charge in [0.05, 0.1) is 0 Å². The zero-order valence-corrected chi connectivity index (χ0v) is 12.6. The third-order valence-corrected chi connectivity index (χ3v) is 3.00. The summed E-state index contributed by atoms with van der Waals surface area (Å²) in [6, 6.07) is 17.1. The molecule has 0 aromatic heterocycles. The van der Waals surface area contributed by atoms with Gasteiger partial charge in [-0.2, -0.15) is 0 Å². The van der Waals surface area contributed by atoms with Gasteiger partial charge < -0.3 is 14.9 Å². The quantitative estimate of drug-likeness (QED) is 0.658. The highest BCUT2D eigenvalue weighted by Crippen LogP contribution is 2.15. The van der Waals surface area contributed by atoms with E-state index in [-0.39, 0.29) is 11.6 Å². The van der Waals surface area contributed by atoms with Gasteiger partial charge in [0, 0.05) is 12.6 Å². The number of nitrogens with zero attached hydrogens (tertiary/aromatic N) is 1. The smallest absolute Gasteiger partial charge is 0.273 e. The largest absolute Gasteiger partial charge is 0.489 e. The van der Waals surface area contributed by atoms with Crippen molar-refractivity contribution in [3.05, 3.63) is 65.7 Å². The number of ether oxygens (including phenoxy) is 1. The standard InChI is InChI=1S/C17H18N2O3/c1-18-17(20)16(19-21-2)14-8-10-15(11-9-14)22-12-13-6-4-3-5-7-13/h3-11H,12H2,1-2H3,(H,18,20)/b19-16+. The van der Waals surface area contributed by atoms with Crippen LogP contribution >= 0.6 is 0 Å². The summed E-state index contributed by atoms with van der Waals surface area (Å²) < 4.78 is 5.70. The van der Waals surface area contributed by atoms with Crippen LogP contribution in [0.5, 0.6) is 5.75 Å². The Morgan fingerprint density at radius 3 is 2.36 bits per heavy atom. The van der Waals surface area contributed by atoms with Crippen LogP contribution in [0.3, 0.4) is 0 Å². The fraction of sp³-hybridized carbons (Fsp3) is 0.176. The summed E-state index contributed by atoms with van der Waals surface area (Å²) in [5, 5.41) is 6.28. The Balaban J connectivity index is 2.06. The van der Waals surface area contributed by atoms with E-state index in [4.69, 9.17) is 9.57 Å². The number of oxime groups is 1. The summed E-state index contributed by atoms with van der Waals surface area (Å²) in [7, 11) is 2.95. The van der Waals surface area contributed by atoms with E-state index in [1.807, 2.05) is 30.3 Å². The van der Waals surface area contributed by atoms with Gasteiger partial charge in [0.15, 0.2) is 5.71 Å². The first kappa shape index (κ1) is 15.6. The van der Waals surface area contributed by atoms with Gasteiger partial charge in [0.25, 0.3) is 5.91 Å². The Bertz CT molecular complexity index is 637. The van der Waals surface area contributed by atoms with Crippen molar-refractivity contribution in [1.29, 1.82) is 0 Å². The first-order valence-electron chi connectivity index (χ1n) is 6.85. The van der Waals surface area contributed by atoms with Crippen LogP contribution in [-0.4, -0.2) is 25.8 Å². The van der Waals surface area contributed by atoms with Crippen LogP contribution in [0.2, 0.25) is 0 Å². The highest BCUT2D eigenvalue weighted by molar-refractivity contribution is 6.45. The third-order valence-electron chi connectivity index (χ3n) is 3.00. The third kappa shape index (κ3) is 4.09. The molecule has 0 aliphatic heterocycles. The van der Waals surface area contributed by atoms with Crippen molar-refractivity contribution >= 4 is 11.6 Å². The van der Waals surface area contributed by atoms with Gasteiger partial charge in [-0.3, -0.25) is 4.79 Å². The number of rotatable bonds is 6. The lowest BCUT2D eigenvalue weighted by atomic mass is 10.1. The molecule has 1 amide bonds. The van der Waals surface area contributed by atoms with Crippen LogP contribution in [-0.2, 0) is 16.2 Å². The molecule has 5 nitrogen and oxygen atoms in total. The molecular formula is C17H18N2O3. The van der Waals surface area contributed by atoms with Crippen molar-refractivity contribution in [2.24, 2.45) is 5.16 Å². The predicted molar refractivity (Wildman–Crippen MR) is 84.8 cm³/mol. The number of benzene rings is 2. The maximum absolute atomic E-state index is 11.7. The molecule has 0 fully saturated rings. The molecule has 0 unspecified atom stereocenters. The molecule has 0 atom stereocenters. The summed E-state index contributed by atoms with van der Waals surface area (Å²) in [6.07, 6.45) is 0. The lowest BCUT2D eigenvalue weighted by Gasteiger charge is -2.08. The van der Waals surface area contributed by atoms with Crippen molar-refractivity contribution < 1.29 is 14.4 Å². The molecule has 2 aromatic carbocycles. The number of amides is 1. The molecule has 0 heterocycles. The number of carbonyl (C=O) groups is 1. The Labute approximate surface area is 129 Å². The van der Waals surface area contributed by atoms with Crippen molar-refractivity contribution in [1.82, 2.24) is 5.32 Å². The Morgan fingerprint density at radius 1 is 1.09 bits per heavy atom. The summed E-state index contributed by atoms with van der Waals surface area (Å²) in [5.41, 5.74) is 1.98. The molecule has 0 saturated heterocycles. The van der Waals surface area contributed by atoms with Crippen molar-refractivity contribution in [2.75, 3.05) is 14.2 Å². The second-order valence-electron chi connectivity index (χ2n) is 4.50. The molecule has 0 saturated carbocycles. The monoisotopic (exact) mass is 298 g/mol. The van der Waals surface area contributed by atoms with E-state index >= 15 is 0 Å². The van der Waals surface area contributed by atoms with Crippen LogP contribution in [0.15, 0.2) is 59.8 Å². The highest BCUT2D eigenvalue weighted by atomic mass is 16.6. The van der Waals surface area contributed by atoms with E-state index in [1.165, 1.54) is 7.11 Å². The van der Waals surface area contributed by atoms with E-state index in [0.717, 1.165) is 11.3 Å². The lowest BCUT2D eigenvalue weighted by molar-refractivity contribution is -0.114. The maximum atomic E-state index is 11.7. The number of nitrogens with one attached hydrogen (secondary N) is 1. The molecule has 1 N–H and O–H groups in total.